The fourth-order valence-electron chi connectivity index (χ4n) is 2.03. The van der Waals surface area contributed by atoms with Crippen molar-refractivity contribution >= 4 is 28.6 Å². The highest BCUT2D eigenvalue weighted by molar-refractivity contribution is 8.05. The number of aliphatic hydroxyl groups excluding tert-OH is 2. The van der Waals surface area contributed by atoms with Crippen LogP contribution in [0.5, 0.6) is 0 Å². The van der Waals surface area contributed by atoms with Crippen molar-refractivity contribution in [2.75, 3.05) is 6.61 Å². The molecular formula is C10H13Cl2N2O7P. The van der Waals surface area contributed by atoms with Crippen LogP contribution >= 0.6 is 28.6 Å². The normalized spacial score (nSPS) is 29.0. The Morgan fingerprint density at radius 1 is 1.41 bits per heavy atom. The summed E-state index contributed by atoms with van der Waals surface area (Å²) in [5, 5.41) is 19.9. The van der Waals surface area contributed by atoms with E-state index in [-0.39, 0.29) is 5.56 Å². The minimum atomic E-state index is -3.82. The molecule has 1 saturated heterocycles. The number of aromatic nitrogens is 2. The molecule has 0 aliphatic carbocycles. The van der Waals surface area contributed by atoms with Crippen molar-refractivity contribution in [1.82, 2.24) is 9.55 Å². The van der Waals surface area contributed by atoms with Gasteiger partial charge < -0.3 is 19.5 Å². The molecule has 1 unspecified atom stereocenters. The van der Waals surface area contributed by atoms with Crippen LogP contribution in [0.15, 0.2) is 15.8 Å². The molecule has 9 nitrogen and oxygen atoms in total. The van der Waals surface area contributed by atoms with Crippen LogP contribution in [0.2, 0.25) is 0 Å². The van der Waals surface area contributed by atoms with Crippen molar-refractivity contribution in [2.45, 2.75) is 31.5 Å². The Balaban J connectivity index is 2.23. The number of nitrogens with zero attached hydrogens (tertiary/aromatic N) is 1. The van der Waals surface area contributed by atoms with E-state index in [2.05, 4.69) is 9.51 Å². The van der Waals surface area contributed by atoms with E-state index in [9.17, 15) is 24.4 Å². The molecule has 0 radical (unpaired) electrons. The fraction of sp³-hybridized carbons (Fsp3) is 0.600. The van der Waals surface area contributed by atoms with E-state index < -0.39 is 48.5 Å². The average molecular weight is 375 g/mol. The minimum Gasteiger partial charge on any atom is -0.387 e. The molecule has 1 fully saturated rings. The van der Waals surface area contributed by atoms with Crippen molar-refractivity contribution in [1.29, 1.82) is 0 Å². The van der Waals surface area contributed by atoms with Crippen LogP contribution in [0.1, 0.15) is 11.8 Å². The van der Waals surface area contributed by atoms with Gasteiger partial charge in [-0.15, -0.1) is 0 Å². The number of aryl methyl sites for hydroxylation is 1. The van der Waals surface area contributed by atoms with E-state index >= 15 is 0 Å². The third kappa shape index (κ3) is 3.80. The first kappa shape index (κ1) is 17.7. The van der Waals surface area contributed by atoms with Gasteiger partial charge in [0.15, 0.2) is 6.23 Å². The molecule has 2 rings (SSSR count). The van der Waals surface area contributed by atoms with Crippen LogP contribution in [0.4, 0.5) is 0 Å². The molecule has 0 amide bonds. The second-order valence-corrected chi connectivity index (χ2v) is 9.01. The smallest absolute Gasteiger partial charge is 0.380 e. The molecule has 22 heavy (non-hydrogen) atoms. The van der Waals surface area contributed by atoms with Crippen LogP contribution in [0.3, 0.4) is 0 Å². The lowest BCUT2D eigenvalue weighted by Gasteiger charge is -2.17. The zero-order valence-corrected chi connectivity index (χ0v) is 13.6. The summed E-state index contributed by atoms with van der Waals surface area (Å²) in [7, 11) is 0. The standard InChI is InChI=1S/C10H13Cl2N2O7P/c1-4-2-14(10(18)13-8(4)17)9-7(16)6(15)5(21-9)3-20-22(11,12)19/h2,5-7,9,15-16H,3H2,1H3,(H,13,17,18)/t5-,6?,7+,9-/m1/s1. The van der Waals surface area contributed by atoms with Crippen LogP contribution in [0.25, 0.3) is 0 Å². The van der Waals surface area contributed by atoms with Crippen LogP contribution in [-0.2, 0) is 13.8 Å². The quantitative estimate of drug-likeness (QED) is 0.635. The highest BCUT2D eigenvalue weighted by Crippen LogP contribution is 2.57. The van der Waals surface area contributed by atoms with Crippen molar-refractivity contribution in [2.24, 2.45) is 0 Å². The van der Waals surface area contributed by atoms with Gasteiger partial charge in [0.1, 0.15) is 18.3 Å². The first-order valence-corrected chi connectivity index (χ1v) is 9.51. The van der Waals surface area contributed by atoms with Gasteiger partial charge in [-0.3, -0.25) is 18.9 Å². The Hall–Kier alpha value is -0.670. The van der Waals surface area contributed by atoms with Gasteiger partial charge in [-0.25, -0.2) is 4.79 Å². The van der Waals surface area contributed by atoms with Gasteiger partial charge in [0, 0.05) is 11.8 Å². The molecule has 1 aliphatic rings. The van der Waals surface area contributed by atoms with Crippen LogP contribution in [-0.4, -0.2) is 44.7 Å². The van der Waals surface area contributed by atoms with E-state index in [1.165, 1.54) is 13.1 Å². The molecular weight excluding hydrogens is 362 g/mol. The Bertz CT molecular complexity index is 714. The van der Waals surface area contributed by atoms with Crippen molar-refractivity contribution in [3.8, 4) is 0 Å². The lowest BCUT2D eigenvalue weighted by atomic mass is 10.1. The summed E-state index contributed by atoms with van der Waals surface area (Å²) in [4.78, 5) is 25.2. The fourth-order valence-corrected chi connectivity index (χ4v) is 2.69. The van der Waals surface area contributed by atoms with Gasteiger partial charge in [0.25, 0.3) is 5.56 Å². The lowest BCUT2D eigenvalue weighted by Crippen LogP contribution is -2.38. The molecule has 4 atom stereocenters. The number of halogens is 2. The summed E-state index contributed by atoms with van der Waals surface area (Å²) in [5.41, 5.74) is -1.16. The molecule has 124 valence electrons. The monoisotopic (exact) mass is 374 g/mol. The van der Waals surface area contributed by atoms with E-state index in [0.717, 1.165) is 4.57 Å². The Morgan fingerprint density at radius 2 is 2.05 bits per heavy atom. The van der Waals surface area contributed by atoms with Gasteiger partial charge in [-0.1, -0.05) is 0 Å². The number of ether oxygens (including phenoxy) is 1. The number of nitrogens with one attached hydrogen (secondary N) is 1. The zero-order chi connectivity index (χ0) is 16.7. The predicted molar refractivity (Wildman–Crippen MR) is 77.2 cm³/mol. The third-order valence-corrected chi connectivity index (χ3v) is 4.18. The second-order valence-electron chi connectivity index (χ2n) is 4.74. The van der Waals surface area contributed by atoms with Crippen LogP contribution < -0.4 is 11.2 Å². The molecule has 2 heterocycles. The number of aliphatic hydroxyl groups is 2. The van der Waals surface area contributed by atoms with E-state index in [1.54, 1.807) is 0 Å². The number of H-pyrrole nitrogens is 1. The summed E-state index contributed by atoms with van der Waals surface area (Å²) < 4.78 is 22.0. The Morgan fingerprint density at radius 3 is 2.64 bits per heavy atom. The molecule has 1 aromatic rings. The summed E-state index contributed by atoms with van der Waals surface area (Å²) in [6.07, 6.45) is -7.89. The Kier molecular flexibility index (Phi) is 5.18. The zero-order valence-electron chi connectivity index (χ0n) is 11.2. The van der Waals surface area contributed by atoms with Gasteiger partial charge in [0.05, 0.1) is 6.61 Å². The van der Waals surface area contributed by atoms with Gasteiger partial charge in [-0.2, -0.15) is 0 Å². The molecule has 0 aromatic carbocycles. The Labute approximate surface area is 133 Å². The highest BCUT2D eigenvalue weighted by atomic mass is 35.9. The molecule has 0 saturated carbocycles. The summed E-state index contributed by atoms with van der Waals surface area (Å²) in [6.45, 7) is 1.01. The number of hydrogen-bond acceptors (Lipinski definition) is 7. The molecule has 1 aliphatic heterocycles. The highest BCUT2D eigenvalue weighted by Gasteiger charge is 2.44. The lowest BCUT2D eigenvalue weighted by molar-refractivity contribution is -0.0508. The molecule has 1 aromatic heterocycles. The second kappa shape index (κ2) is 6.45. The van der Waals surface area contributed by atoms with Crippen molar-refractivity contribution < 1.29 is 24.0 Å². The van der Waals surface area contributed by atoms with E-state index in [1.807, 2.05) is 0 Å². The maximum Gasteiger partial charge on any atom is 0.380 e. The largest absolute Gasteiger partial charge is 0.387 e. The predicted octanol–water partition coefficient (Wildman–Crippen LogP) is 0.0665. The number of rotatable bonds is 4. The SMILES string of the molecule is Cc1cn([C@@H]2O[C@H](COP(=O)(Cl)Cl)C(O)[C@@H]2O)c(=O)[nH]c1=O. The van der Waals surface area contributed by atoms with Crippen molar-refractivity contribution in [3.63, 3.8) is 0 Å². The van der Waals surface area contributed by atoms with Gasteiger partial charge in [-0.05, 0) is 29.4 Å². The van der Waals surface area contributed by atoms with E-state index in [0.29, 0.717) is 0 Å². The van der Waals surface area contributed by atoms with Gasteiger partial charge in [0.2, 0.25) is 0 Å². The first-order valence-electron chi connectivity index (χ1n) is 6.07. The number of hydrogen-bond donors (Lipinski definition) is 3. The topological polar surface area (TPSA) is 131 Å². The summed E-state index contributed by atoms with van der Waals surface area (Å²) >= 11 is 10.4. The molecule has 0 spiro atoms. The number of aromatic amines is 1. The summed E-state index contributed by atoms with van der Waals surface area (Å²) in [5.74, 6) is 0. The maximum absolute atomic E-state index is 11.8. The first-order chi connectivity index (χ1) is 10.1. The minimum absolute atomic E-state index is 0.218. The summed E-state index contributed by atoms with van der Waals surface area (Å²) in [6, 6.07) is 0. The van der Waals surface area contributed by atoms with Crippen LogP contribution in [0, 0.1) is 6.92 Å². The van der Waals surface area contributed by atoms with Gasteiger partial charge >= 0.3 is 11.8 Å². The maximum atomic E-state index is 11.8. The van der Waals surface area contributed by atoms with Crippen molar-refractivity contribution in [3.05, 3.63) is 32.6 Å². The van der Waals surface area contributed by atoms with E-state index in [4.69, 9.17) is 27.2 Å². The third-order valence-electron chi connectivity index (χ3n) is 3.15. The molecule has 0 bridgehead atoms. The molecule has 3 N–H and O–H groups in total. The average Bonchev–Trinajstić information content (AvgIpc) is 2.68. The molecule has 12 heteroatoms.